The molecule has 7 rings (SSSR count). The fourth-order valence-corrected chi connectivity index (χ4v) is 9.05. The van der Waals surface area contributed by atoms with Crippen LogP contribution in [0.1, 0.15) is 38.5 Å². The average Bonchev–Trinajstić information content (AvgIpc) is 3.63. The molecule has 1 N–H and O–H groups in total. The lowest BCUT2D eigenvalue weighted by molar-refractivity contribution is -0.143. The summed E-state index contributed by atoms with van der Waals surface area (Å²) in [5, 5.41) is 11.8. The second kappa shape index (κ2) is 9.07. The highest BCUT2D eigenvalue weighted by molar-refractivity contribution is 7.13. The number of imide groups is 1. The van der Waals surface area contributed by atoms with Crippen molar-refractivity contribution in [1.82, 2.24) is 14.2 Å². The molecule has 2 amide bonds. The van der Waals surface area contributed by atoms with Crippen LogP contribution in [0.15, 0.2) is 24.3 Å². The van der Waals surface area contributed by atoms with Gasteiger partial charge in [0.05, 0.1) is 22.6 Å². The molecule has 1 aromatic carbocycles. The highest BCUT2D eigenvalue weighted by Gasteiger charge is 2.65. The Kier molecular flexibility index (Phi) is 5.82. The fourth-order valence-electron chi connectivity index (χ4n) is 8.26. The minimum absolute atomic E-state index is 0.00901. The highest BCUT2D eigenvalue weighted by atomic mass is 32.1. The Hall–Kier alpha value is -2.03. The molecule has 5 aliphatic rings. The quantitative estimate of drug-likeness (QED) is 0.625. The molecule has 2 saturated heterocycles. The topological polar surface area (TPSA) is 77.0 Å². The normalized spacial score (nSPS) is 36.9. The molecule has 2 bridgehead atoms. The van der Waals surface area contributed by atoms with E-state index in [1.165, 1.54) is 29.3 Å². The number of likely N-dealkylation sites (tertiary alicyclic amines) is 1. The van der Waals surface area contributed by atoms with Gasteiger partial charge in [0.2, 0.25) is 11.8 Å². The van der Waals surface area contributed by atoms with Gasteiger partial charge < -0.3 is 10.0 Å². The van der Waals surface area contributed by atoms with Crippen LogP contribution >= 0.6 is 11.5 Å². The summed E-state index contributed by atoms with van der Waals surface area (Å²) in [6.45, 7) is 5.69. The van der Waals surface area contributed by atoms with Crippen LogP contribution in [0.5, 0.6) is 0 Å². The standard InChI is InChI=1S/C28H36N4O3S/c33-25-20-9-10-21(25)24-23(20)27(34)32(28(24)35)16-18-6-2-1-5-17(18)15-30-11-13-31(14-12-30)26-19-7-3-4-8-22(19)36-29-26/h3-4,7-8,17-18,20-21,23-25,33H,1-2,5-6,9-16H2/t17-,18-,20?,21?,23?,24?,25?/m0/s1. The number of fused-ring (bicyclic) bond motifs is 6. The van der Waals surface area contributed by atoms with Crippen LogP contribution in [0.3, 0.4) is 0 Å². The van der Waals surface area contributed by atoms with Gasteiger partial charge in [-0.3, -0.25) is 19.4 Å². The Morgan fingerprint density at radius 2 is 1.50 bits per heavy atom. The van der Waals surface area contributed by atoms with Gasteiger partial charge in [-0.25, -0.2) is 0 Å². The molecule has 8 heteroatoms. The number of rotatable bonds is 5. The molecule has 4 unspecified atom stereocenters. The van der Waals surface area contributed by atoms with E-state index in [2.05, 4.69) is 34.1 Å². The first-order valence-electron chi connectivity index (χ1n) is 13.9. The lowest BCUT2D eigenvalue weighted by Crippen LogP contribution is -2.50. The summed E-state index contributed by atoms with van der Waals surface area (Å²) in [4.78, 5) is 33.3. The van der Waals surface area contributed by atoms with Gasteiger partial charge in [-0.1, -0.05) is 25.0 Å². The van der Waals surface area contributed by atoms with Crippen molar-refractivity contribution in [3.63, 3.8) is 0 Å². The number of carbonyl (C=O) groups excluding carboxylic acids is 2. The van der Waals surface area contributed by atoms with Crippen molar-refractivity contribution in [1.29, 1.82) is 0 Å². The smallest absolute Gasteiger partial charge is 0.233 e. The molecule has 192 valence electrons. The van der Waals surface area contributed by atoms with E-state index in [-0.39, 0.29) is 35.5 Å². The second-order valence-corrected chi connectivity index (χ2v) is 12.6. The van der Waals surface area contributed by atoms with Crippen LogP contribution in [-0.2, 0) is 9.59 Å². The molecule has 0 radical (unpaired) electrons. The van der Waals surface area contributed by atoms with Crippen LogP contribution in [0, 0.1) is 35.5 Å². The first-order chi connectivity index (χ1) is 17.6. The van der Waals surface area contributed by atoms with Crippen molar-refractivity contribution in [2.24, 2.45) is 35.5 Å². The van der Waals surface area contributed by atoms with Gasteiger partial charge in [-0.05, 0) is 73.0 Å². The predicted molar refractivity (Wildman–Crippen MR) is 140 cm³/mol. The van der Waals surface area contributed by atoms with E-state index < -0.39 is 6.10 Å². The van der Waals surface area contributed by atoms with Gasteiger partial charge in [0.1, 0.15) is 5.82 Å². The maximum absolute atomic E-state index is 13.3. The summed E-state index contributed by atoms with van der Waals surface area (Å²) in [6, 6.07) is 8.49. The van der Waals surface area contributed by atoms with E-state index in [1.54, 1.807) is 16.4 Å². The minimum atomic E-state index is -0.446. The number of hydrogen-bond donors (Lipinski definition) is 1. The lowest BCUT2D eigenvalue weighted by Gasteiger charge is -2.40. The first kappa shape index (κ1) is 23.1. The molecule has 5 fully saturated rings. The number of hydrogen-bond acceptors (Lipinski definition) is 7. The van der Waals surface area contributed by atoms with Gasteiger partial charge in [-0.15, -0.1) is 0 Å². The van der Waals surface area contributed by atoms with Crippen LogP contribution in [0.4, 0.5) is 5.82 Å². The molecule has 1 aromatic heterocycles. The fraction of sp³-hybridized carbons (Fsp3) is 0.679. The van der Waals surface area contributed by atoms with E-state index in [9.17, 15) is 14.7 Å². The lowest BCUT2D eigenvalue weighted by atomic mass is 9.78. The number of nitrogens with zero attached hydrogens (tertiary/aromatic N) is 4. The molecule has 36 heavy (non-hydrogen) atoms. The molecule has 2 aliphatic heterocycles. The molecule has 6 atom stereocenters. The summed E-state index contributed by atoms with van der Waals surface area (Å²) < 4.78 is 6.00. The van der Waals surface area contributed by atoms with Crippen LogP contribution in [0.2, 0.25) is 0 Å². The largest absolute Gasteiger partial charge is 0.392 e. The molecule has 3 saturated carbocycles. The van der Waals surface area contributed by atoms with E-state index in [0.29, 0.717) is 18.4 Å². The Bertz CT molecular complexity index is 1130. The number of benzene rings is 1. The Balaban J connectivity index is 0.988. The molecule has 3 heterocycles. The second-order valence-electron chi connectivity index (χ2n) is 11.8. The van der Waals surface area contributed by atoms with Crippen molar-refractivity contribution in [3.05, 3.63) is 24.3 Å². The van der Waals surface area contributed by atoms with Crippen molar-refractivity contribution >= 4 is 39.3 Å². The summed E-state index contributed by atoms with van der Waals surface area (Å²) in [5.74, 6) is 1.62. The van der Waals surface area contributed by atoms with Gasteiger partial charge in [0.25, 0.3) is 0 Å². The maximum Gasteiger partial charge on any atom is 0.233 e. The van der Waals surface area contributed by atoms with Crippen molar-refractivity contribution in [2.75, 3.05) is 44.2 Å². The summed E-state index contributed by atoms with van der Waals surface area (Å²) in [5.41, 5.74) is 0. The van der Waals surface area contributed by atoms with E-state index in [1.807, 2.05) is 0 Å². The molecule has 3 aliphatic carbocycles. The maximum atomic E-state index is 13.3. The van der Waals surface area contributed by atoms with Crippen LogP contribution in [0.25, 0.3) is 10.1 Å². The number of aromatic nitrogens is 1. The number of carbonyl (C=O) groups is 2. The Morgan fingerprint density at radius 1 is 0.861 bits per heavy atom. The third-order valence-electron chi connectivity index (χ3n) is 10.1. The van der Waals surface area contributed by atoms with Gasteiger partial charge in [-0.2, -0.15) is 4.37 Å². The van der Waals surface area contributed by atoms with Gasteiger partial charge in [0, 0.05) is 44.7 Å². The zero-order chi connectivity index (χ0) is 24.4. The number of anilines is 1. The highest BCUT2D eigenvalue weighted by Crippen LogP contribution is 2.56. The summed E-state index contributed by atoms with van der Waals surface area (Å²) in [7, 11) is 0. The summed E-state index contributed by atoms with van der Waals surface area (Å²) >= 11 is 1.58. The zero-order valence-electron chi connectivity index (χ0n) is 20.8. The van der Waals surface area contributed by atoms with Crippen molar-refractivity contribution in [2.45, 2.75) is 44.6 Å². The SMILES string of the molecule is O=C1C2C3CCC(C3O)C2C(=O)N1C[C@@H]1CCCC[C@H]1CN1CCN(c2nsc3ccccc23)CC1. The minimum Gasteiger partial charge on any atom is -0.392 e. The molecular formula is C28H36N4O3S. The molecule has 2 aromatic rings. The third kappa shape index (κ3) is 3.63. The van der Waals surface area contributed by atoms with Crippen LogP contribution in [-0.4, -0.2) is 76.5 Å². The van der Waals surface area contributed by atoms with Gasteiger partial charge >= 0.3 is 0 Å². The Morgan fingerprint density at radius 3 is 2.19 bits per heavy atom. The molecular weight excluding hydrogens is 472 g/mol. The average molecular weight is 509 g/mol. The van der Waals surface area contributed by atoms with Crippen molar-refractivity contribution in [3.8, 4) is 0 Å². The molecule has 7 nitrogen and oxygen atoms in total. The van der Waals surface area contributed by atoms with Gasteiger partial charge in [0.15, 0.2) is 0 Å². The zero-order valence-corrected chi connectivity index (χ0v) is 21.6. The number of aliphatic hydroxyl groups is 1. The number of amides is 2. The Labute approximate surface area is 216 Å². The third-order valence-corrected chi connectivity index (χ3v) is 10.9. The number of piperazine rings is 1. The van der Waals surface area contributed by atoms with E-state index in [4.69, 9.17) is 4.37 Å². The van der Waals surface area contributed by atoms with E-state index in [0.717, 1.165) is 57.8 Å². The van der Waals surface area contributed by atoms with Crippen molar-refractivity contribution < 1.29 is 14.7 Å². The predicted octanol–water partition coefficient (Wildman–Crippen LogP) is 3.23. The monoisotopic (exact) mass is 508 g/mol. The first-order valence-corrected chi connectivity index (χ1v) is 14.7. The number of aliphatic hydroxyl groups excluding tert-OH is 1. The molecule has 0 spiro atoms. The van der Waals surface area contributed by atoms with Crippen LogP contribution < -0.4 is 4.90 Å². The summed E-state index contributed by atoms with van der Waals surface area (Å²) in [6.07, 6.45) is 6.09. The van der Waals surface area contributed by atoms with E-state index >= 15 is 0 Å².